The van der Waals surface area contributed by atoms with Gasteiger partial charge < -0.3 is 5.32 Å². The van der Waals surface area contributed by atoms with E-state index in [0.717, 1.165) is 17.4 Å². The van der Waals surface area contributed by atoms with E-state index in [0.29, 0.717) is 5.92 Å². The highest BCUT2D eigenvalue weighted by Crippen LogP contribution is 2.25. The monoisotopic (exact) mass is 207 g/mol. The van der Waals surface area contributed by atoms with Crippen LogP contribution in [0.1, 0.15) is 31.1 Å². The second-order valence-electron chi connectivity index (χ2n) is 3.51. The fourth-order valence-electron chi connectivity index (χ4n) is 1.18. The molecular weight excluding hydrogens is 194 g/mol. The van der Waals surface area contributed by atoms with E-state index in [-0.39, 0.29) is 0 Å². The Labute approximate surface area is 87.6 Å². The number of amidine groups is 1. The largest absolute Gasteiger partial charge is 0.319 e. The van der Waals surface area contributed by atoms with Gasteiger partial charge in [0.15, 0.2) is 5.13 Å². The summed E-state index contributed by atoms with van der Waals surface area (Å²) in [6, 6.07) is 0. The molecule has 2 rings (SSSR count). The van der Waals surface area contributed by atoms with E-state index < -0.39 is 0 Å². The fourth-order valence-corrected chi connectivity index (χ4v) is 2.02. The minimum atomic E-state index is 0.548. The second-order valence-corrected chi connectivity index (χ2v) is 4.57. The molecule has 4 heteroatoms. The summed E-state index contributed by atoms with van der Waals surface area (Å²) in [4.78, 5) is 9.78. The highest BCUT2D eigenvalue weighted by molar-refractivity contribution is 7.15. The average Bonchev–Trinajstić information content (AvgIpc) is 2.75. The van der Waals surface area contributed by atoms with Gasteiger partial charge in [-0.05, 0) is 5.92 Å². The molecule has 0 spiro atoms. The molecule has 14 heavy (non-hydrogen) atoms. The van der Waals surface area contributed by atoms with Gasteiger partial charge in [-0.25, -0.2) is 9.98 Å². The fraction of sp³-hybridized carbons (Fsp3) is 0.400. The molecule has 0 amide bonds. The molecule has 0 radical (unpaired) electrons. The number of aromatic nitrogens is 1. The lowest BCUT2D eigenvalue weighted by Gasteiger charge is -2.00. The van der Waals surface area contributed by atoms with Gasteiger partial charge in [0.2, 0.25) is 0 Å². The number of thiazole rings is 1. The molecule has 0 unspecified atom stereocenters. The maximum absolute atomic E-state index is 4.30. The lowest BCUT2D eigenvalue weighted by molar-refractivity contribution is 0.885. The Morgan fingerprint density at radius 1 is 1.50 bits per heavy atom. The van der Waals surface area contributed by atoms with Crippen LogP contribution in [0.15, 0.2) is 23.5 Å². The Balaban J connectivity index is 2.03. The lowest BCUT2D eigenvalue weighted by Crippen LogP contribution is -2.07. The van der Waals surface area contributed by atoms with Crippen LogP contribution in [-0.4, -0.2) is 10.8 Å². The maximum Gasteiger partial charge on any atom is 0.188 e. The Kier molecular flexibility index (Phi) is 2.63. The Bertz CT molecular complexity index is 376. The minimum absolute atomic E-state index is 0.548. The van der Waals surface area contributed by atoms with E-state index in [1.54, 1.807) is 11.3 Å². The Hall–Kier alpha value is -1.16. The molecule has 0 aromatic carbocycles. The molecule has 0 saturated carbocycles. The number of nitrogens with zero attached hydrogens (tertiary/aromatic N) is 2. The van der Waals surface area contributed by atoms with Crippen LogP contribution in [0.2, 0.25) is 0 Å². The maximum atomic E-state index is 4.30. The summed E-state index contributed by atoms with van der Waals surface area (Å²) in [5, 5.41) is 4.15. The average molecular weight is 207 g/mol. The third-order valence-electron chi connectivity index (χ3n) is 1.99. The topological polar surface area (TPSA) is 37.3 Å². The van der Waals surface area contributed by atoms with Crippen LogP contribution in [0.5, 0.6) is 0 Å². The number of anilines is 1. The number of rotatable bonds is 2. The van der Waals surface area contributed by atoms with Crippen LogP contribution >= 0.6 is 11.3 Å². The van der Waals surface area contributed by atoms with Gasteiger partial charge in [0.05, 0.1) is 0 Å². The Morgan fingerprint density at radius 2 is 2.36 bits per heavy atom. The van der Waals surface area contributed by atoms with Gasteiger partial charge in [0, 0.05) is 23.7 Å². The van der Waals surface area contributed by atoms with Crippen LogP contribution in [0.3, 0.4) is 0 Å². The SMILES string of the molecule is CC(C)c1cnc(NC2=NC=CC2)s1. The molecule has 0 saturated heterocycles. The Morgan fingerprint density at radius 3 is 2.93 bits per heavy atom. The molecule has 0 fully saturated rings. The molecule has 74 valence electrons. The van der Waals surface area contributed by atoms with Crippen molar-refractivity contribution >= 4 is 22.3 Å². The minimum Gasteiger partial charge on any atom is -0.319 e. The zero-order valence-corrected chi connectivity index (χ0v) is 9.14. The molecule has 1 aliphatic rings. The normalized spacial score (nSPS) is 14.9. The quantitative estimate of drug-likeness (QED) is 0.809. The molecule has 1 aromatic rings. The number of hydrogen-bond acceptors (Lipinski definition) is 4. The van der Waals surface area contributed by atoms with Crippen LogP contribution in [0.4, 0.5) is 5.13 Å². The van der Waals surface area contributed by atoms with Crippen molar-refractivity contribution in [3.8, 4) is 0 Å². The standard InChI is InChI=1S/C10H13N3S/c1-7(2)8-6-12-10(14-8)13-9-4-3-5-11-9/h3,5-7H,4H2,1-2H3,(H,11,12,13). The van der Waals surface area contributed by atoms with Crippen molar-refractivity contribution in [1.29, 1.82) is 0 Å². The van der Waals surface area contributed by atoms with Gasteiger partial charge in [-0.1, -0.05) is 19.9 Å². The molecule has 0 aliphatic carbocycles. The molecule has 0 atom stereocenters. The molecule has 1 aromatic heterocycles. The van der Waals surface area contributed by atoms with Gasteiger partial charge in [-0.3, -0.25) is 0 Å². The van der Waals surface area contributed by atoms with Crippen molar-refractivity contribution in [2.45, 2.75) is 26.2 Å². The van der Waals surface area contributed by atoms with E-state index >= 15 is 0 Å². The first-order valence-corrected chi connectivity index (χ1v) is 5.52. The summed E-state index contributed by atoms with van der Waals surface area (Å²) in [5.74, 6) is 1.53. The molecular formula is C10H13N3S. The van der Waals surface area contributed by atoms with E-state index in [9.17, 15) is 0 Å². The van der Waals surface area contributed by atoms with Crippen LogP contribution in [0.25, 0.3) is 0 Å². The number of nitrogens with one attached hydrogen (secondary N) is 1. The smallest absolute Gasteiger partial charge is 0.188 e. The summed E-state index contributed by atoms with van der Waals surface area (Å²) < 4.78 is 0. The van der Waals surface area contributed by atoms with Crippen molar-refractivity contribution in [3.05, 3.63) is 23.3 Å². The highest BCUT2D eigenvalue weighted by Gasteiger charge is 2.07. The summed E-state index contributed by atoms with van der Waals surface area (Å²) in [5.41, 5.74) is 0. The zero-order chi connectivity index (χ0) is 9.97. The zero-order valence-electron chi connectivity index (χ0n) is 8.32. The third kappa shape index (κ3) is 2.01. The van der Waals surface area contributed by atoms with Gasteiger partial charge in [-0.15, -0.1) is 11.3 Å². The first-order chi connectivity index (χ1) is 6.75. The van der Waals surface area contributed by atoms with E-state index in [2.05, 4.69) is 29.1 Å². The van der Waals surface area contributed by atoms with Crippen molar-refractivity contribution < 1.29 is 0 Å². The lowest BCUT2D eigenvalue weighted by atomic mass is 10.2. The van der Waals surface area contributed by atoms with E-state index in [4.69, 9.17) is 0 Å². The predicted octanol–water partition coefficient (Wildman–Crippen LogP) is 2.99. The van der Waals surface area contributed by atoms with Crippen molar-refractivity contribution in [2.75, 3.05) is 5.32 Å². The van der Waals surface area contributed by atoms with Crippen LogP contribution < -0.4 is 5.32 Å². The summed E-state index contributed by atoms with van der Waals surface area (Å²) in [7, 11) is 0. The third-order valence-corrected chi connectivity index (χ3v) is 3.20. The number of hydrogen-bond donors (Lipinski definition) is 1. The van der Waals surface area contributed by atoms with E-state index in [1.165, 1.54) is 4.88 Å². The van der Waals surface area contributed by atoms with Crippen molar-refractivity contribution in [1.82, 2.24) is 4.98 Å². The van der Waals surface area contributed by atoms with Crippen LogP contribution in [0, 0.1) is 0 Å². The van der Waals surface area contributed by atoms with Crippen LogP contribution in [-0.2, 0) is 0 Å². The van der Waals surface area contributed by atoms with Gasteiger partial charge in [0.1, 0.15) is 5.84 Å². The first kappa shape index (κ1) is 9.40. The molecule has 1 N–H and O–H groups in total. The molecule has 1 aliphatic heterocycles. The van der Waals surface area contributed by atoms with Gasteiger partial charge in [0.25, 0.3) is 0 Å². The van der Waals surface area contributed by atoms with E-state index in [1.807, 2.05) is 18.5 Å². The highest BCUT2D eigenvalue weighted by atomic mass is 32.1. The molecule has 0 bridgehead atoms. The summed E-state index contributed by atoms with van der Waals surface area (Å²) in [6.45, 7) is 4.35. The first-order valence-electron chi connectivity index (χ1n) is 4.70. The van der Waals surface area contributed by atoms with Gasteiger partial charge >= 0.3 is 0 Å². The van der Waals surface area contributed by atoms with Gasteiger partial charge in [-0.2, -0.15) is 0 Å². The van der Waals surface area contributed by atoms with Crippen molar-refractivity contribution in [3.63, 3.8) is 0 Å². The summed E-state index contributed by atoms with van der Waals surface area (Å²) >= 11 is 1.70. The predicted molar refractivity (Wildman–Crippen MR) is 61.0 cm³/mol. The molecule has 3 nitrogen and oxygen atoms in total. The number of aliphatic imine (C=N–C) groups is 1. The summed E-state index contributed by atoms with van der Waals surface area (Å²) in [6.07, 6.45) is 6.66. The second kappa shape index (κ2) is 3.92. The van der Waals surface area contributed by atoms with Crippen molar-refractivity contribution in [2.24, 2.45) is 4.99 Å². The molecule has 2 heterocycles.